The van der Waals surface area contributed by atoms with E-state index in [9.17, 15) is 0 Å². The molecule has 1 nitrogen and oxygen atoms in total. The van der Waals surface area contributed by atoms with Gasteiger partial charge in [-0.2, -0.15) is 11.5 Å². The summed E-state index contributed by atoms with van der Waals surface area (Å²) in [6.45, 7) is 0.0972. The third-order valence-corrected chi connectivity index (χ3v) is 0.179. The summed E-state index contributed by atoms with van der Waals surface area (Å²) in [4.78, 5) is 0. The number of nitrogens with zero attached hydrogens (tertiary/aromatic N) is 1. The van der Waals surface area contributed by atoms with Crippen molar-refractivity contribution >= 4 is 18.2 Å². The molecule has 20 valence electrons. The Kier molecular flexibility index (Phi) is 2.73. The molecule has 0 rings (SSSR count). The highest BCUT2D eigenvalue weighted by molar-refractivity contribution is 6.98. The summed E-state index contributed by atoms with van der Waals surface area (Å²) >= 11 is 4.82. The molecular formula is CHBClN. The Hall–Kier alpha value is -0.155. The quantitative estimate of drug-likeness (QED) is 0.372. The van der Waals surface area contributed by atoms with Gasteiger partial charge in [-0.15, -0.1) is 0 Å². The average Bonchev–Trinajstić information content (AvgIpc) is 1.37. The van der Waals surface area contributed by atoms with Crippen molar-refractivity contribution in [2.75, 3.05) is 0 Å². The Morgan fingerprint density at radius 1 is 2.00 bits per heavy atom. The van der Waals surface area contributed by atoms with Crippen molar-refractivity contribution in [3.8, 4) is 5.97 Å². The number of nitriles is 1. The molecule has 4 heavy (non-hydrogen) atoms. The van der Waals surface area contributed by atoms with Crippen LogP contribution in [0.25, 0.3) is 0 Å². The highest BCUT2D eigenvalue weighted by Gasteiger charge is 1.62. The summed E-state index contributed by atoms with van der Waals surface area (Å²) in [5.41, 5.74) is 0. The maximum absolute atomic E-state index is 7.49. The van der Waals surface area contributed by atoms with E-state index in [4.69, 9.17) is 16.7 Å². The fourth-order valence-electron chi connectivity index (χ4n) is 0. The van der Waals surface area contributed by atoms with E-state index in [0.29, 0.717) is 0 Å². The standard InChI is InChI=1S/CHBClN/c3-2-1-4/h2H. The van der Waals surface area contributed by atoms with Gasteiger partial charge in [0.05, 0.1) is 0 Å². The van der Waals surface area contributed by atoms with Gasteiger partial charge < -0.3 is 0 Å². The van der Waals surface area contributed by atoms with Crippen LogP contribution in [0.4, 0.5) is 0 Å². The van der Waals surface area contributed by atoms with Crippen molar-refractivity contribution < 1.29 is 0 Å². The van der Waals surface area contributed by atoms with Crippen molar-refractivity contribution in [1.29, 1.82) is 5.26 Å². The molecule has 0 aliphatic carbocycles. The predicted octanol–water partition coefficient (Wildman–Crippen LogP) is 0.0578. The summed E-state index contributed by atoms with van der Waals surface area (Å²) in [7, 11) is 0. The molecule has 0 aliphatic rings. The van der Waals surface area contributed by atoms with Crippen molar-refractivity contribution in [1.82, 2.24) is 0 Å². The smallest absolute Gasteiger partial charge is 0.211 e. The lowest BCUT2D eigenvalue weighted by Crippen LogP contribution is -1.56. The summed E-state index contributed by atoms with van der Waals surface area (Å²) in [6.07, 6.45) is 0. The molecule has 0 atom stereocenters. The van der Waals surface area contributed by atoms with Gasteiger partial charge in [0.25, 0.3) is 0 Å². The lowest BCUT2D eigenvalue weighted by molar-refractivity contribution is 1.56. The summed E-state index contributed by atoms with van der Waals surface area (Å²) in [5.74, 6) is 1.70. The molecule has 0 fully saturated rings. The highest BCUT2D eigenvalue weighted by Crippen LogP contribution is 1.55. The van der Waals surface area contributed by atoms with Crippen molar-refractivity contribution in [3.63, 3.8) is 0 Å². The van der Waals surface area contributed by atoms with Crippen molar-refractivity contribution in [2.24, 2.45) is 0 Å². The third-order valence-electron chi connectivity index (χ3n) is 0.0598. The van der Waals surface area contributed by atoms with E-state index in [1.165, 1.54) is 0 Å². The Morgan fingerprint density at radius 2 is 2.25 bits per heavy atom. The molecule has 0 bridgehead atoms. The number of hydrogen-bond acceptors (Lipinski definition) is 1. The fraction of sp³-hybridized carbons (Fsp3) is 0. The molecule has 0 aromatic heterocycles. The maximum Gasteiger partial charge on any atom is 0.353 e. The Bertz CT molecular complexity index is 37.8. The molecule has 0 spiro atoms. The summed E-state index contributed by atoms with van der Waals surface area (Å²) in [5, 5.41) is 7.49. The molecule has 0 saturated carbocycles. The van der Waals surface area contributed by atoms with Gasteiger partial charge in [-0.1, -0.05) is 0 Å². The molecule has 0 N–H and O–H groups in total. The zero-order chi connectivity index (χ0) is 3.41. The first-order chi connectivity index (χ1) is 1.91. The molecule has 0 heterocycles. The van der Waals surface area contributed by atoms with Crippen LogP contribution in [0.2, 0.25) is 0 Å². The second-order valence-electron chi connectivity index (χ2n) is 0.292. The molecule has 0 amide bonds. The van der Waals surface area contributed by atoms with Crippen LogP contribution >= 0.6 is 11.5 Å². The lowest BCUT2D eigenvalue weighted by atomic mass is 10.2. The minimum Gasteiger partial charge on any atom is -0.211 e. The molecule has 0 aliphatic heterocycles. The highest BCUT2D eigenvalue weighted by atomic mass is 35.5. The van der Waals surface area contributed by atoms with Crippen LogP contribution in [0.5, 0.6) is 0 Å². The number of halogens is 1. The first kappa shape index (κ1) is 3.84. The second-order valence-corrected chi connectivity index (χ2v) is 0.559. The van der Waals surface area contributed by atoms with E-state index in [0.717, 1.165) is 0 Å². The van der Waals surface area contributed by atoms with Crippen LogP contribution in [-0.4, -0.2) is 6.69 Å². The molecule has 0 saturated heterocycles. The average molecular weight is 73.3 g/mol. The van der Waals surface area contributed by atoms with Gasteiger partial charge >= 0.3 is 6.69 Å². The van der Waals surface area contributed by atoms with Gasteiger partial charge in [0.15, 0.2) is 0 Å². The van der Waals surface area contributed by atoms with E-state index in [2.05, 4.69) is 0 Å². The van der Waals surface area contributed by atoms with E-state index in [-0.39, 0.29) is 6.69 Å². The van der Waals surface area contributed by atoms with E-state index in [1.807, 2.05) is 0 Å². The van der Waals surface area contributed by atoms with Crippen LogP contribution in [-0.2, 0) is 0 Å². The van der Waals surface area contributed by atoms with Crippen LogP contribution in [0.15, 0.2) is 0 Å². The van der Waals surface area contributed by atoms with Gasteiger partial charge in [0, 0.05) is 5.97 Å². The maximum atomic E-state index is 7.49. The molecule has 0 aromatic rings. The van der Waals surface area contributed by atoms with Crippen molar-refractivity contribution in [2.45, 2.75) is 0 Å². The molecule has 0 aromatic carbocycles. The number of hydrogen-bond donors (Lipinski definition) is 0. The Balaban J connectivity index is 2.43. The molecule has 0 radical (unpaired) electrons. The van der Waals surface area contributed by atoms with Crippen LogP contribution in [0, 0.1) is 11.2 Å². The predicted molar refractivity (Wildman–Crippen MR) is 18.6 cm³/mol. The summed E-state index contributed by atoms with van der Waals surface area (Å²) in [6, 6.07) is 0. The normalized spacial score (nSPS) is 4.00. The van der Waals surface area contributed by atoms with Crippen LogP contribution in [0.3, 0.4) is 0 Å². The van der Waals surface area contributed by atoms with Gasteiger partial charge in [-0.25, -0.2) is 5.26 Å². The largest absolute Gasteiger partial charge is 0.353 e. The zero-order valence-electron chi connectivity index (χ0n) is 2.03. The van der Waals surface area contributed by atoms with E-state index < -0.39 is 0 Å². The monoisotopic (exact) mass is 73.0 g/mol. The van der Waals surface area contributed by atoms with E-state index >= 15 is 0 Å². The molecular weight excluding hydrogens is 72.3 g/mol. The van der Waals surface area contributed by atoms with Crippen LogP contribution < -0.4 is 0 Å². The topological polar surface area (TPSA) is 23.8 Å². The lowest BCUT2D eigenvalue weighted by Gasteiger charge is -1.38. The first-order valence-corrected chi connectivity index (χ1v) is 1.38. The van der Waals surface area contributed by atoms with Crippen molar-refractivity contribution in [3.05, 3.63) is 0 Å². The van der Waals surface area contributed by atoms with Crippen LogP contribution in [0.1, 0.15) is 0 Å². The third kappa shape index (κ3) is 1.84. The first-order valence-electron chi connectivity index (χ1n) is 0.844. The minimum absolute atomic E-state index is 0.0972. The minimum atomic E-state index is 0.0972. The van der Waals surface area contributed by atoms with E-state index in [1.54, 1.807) is 5.97 Å². The number of rotatable bonds is 0. The van der Waals surface area contributed by atoms with Gasteiger partial charge in [0.1, 0.15) is 0 Å². The molecule has 3 heteroatoms. The fourth-order valence-corrected chi connectivity index (χ4v) is 0. The van der Waals surface area contributed by atoms with Gasteiger partial charge in [0.2, 0.25) is 0 Å². The summed E-state index contributed by atoms with van der Waals surface area (Å²) < 4.78 is 0. The SMILES string of the molecule is N#CBCl. The Labute approximate surface area is 30.3 Å². The van der Waals surface area contributed by atoms with Gasteiger partial charge in [-0.05, 0) is 0 Å². The molecule has 0 unspecified atom stereocenters. The Morgan fingerprint density at radius 3 is 2.25 bits per heavy atom. The van der Waals surface area contributed by atoms with Gasteiger partial charge in [-0.3, -0.25) is 0 Å². The zero-order valence-corrected chi connectivity index (χ0v) is 2.79. The second kappa shape index (κ2) is 2.84.